The smallest absolute Gasteiger partial charge is 0.306 e. The van der Waals surface area contributed by atoms with Crippen LogP contribution >= 0.6 is 0 Å². The van der Waals surface area contributed by atoms with Crippen LogP contribution in [0.3, 0.4) is 0 Å². The first-order valence-electron chi connectivity index (χ1n) is 30.2. The molecule has 0 unspecified atom stereocenters. The Morgan fingerprint density at radius 3 is 0.731 bits per heavy atom. The van der Waals surface area contributed by atoms with Crippen molar-refractivity contribution in [1.29, 1.82) is 0 Å². The molecule has 0 saturated carbocycles. The zero-order valence-electron chi connectivity index (χ0n) is 46.0. The van der Waals surface area contributed by atoms with Gasteiger partial charge in [-0.05, 0) is 31.1 Å². The summed E-state index contributed by atoms with van der Waals surface area (Å²) >= 11 is 0. The van der Waals surface area contributed by atoms with Gasteiger partial charge in [0.15, 0.2) is 6.10 Å². The molecule has 0 aliphatic rings. The zero-order chi connectivity index (χ0) is 48.9. The molecule has 0 aromatic rings. The lowest BCUT2D eigenvalue weighted by Crippen LogP contribution is -2.30. The predicted octanol–water partition coefficient (Wildman–Crippen LogP) is 20.0. The van der Waals surface area contributed by atoms with Gasteiger partial charge < -0.3 is 14.2 Å². The van der Waals surface area contributed by atoms with Crippen LogP contribution in [0.15, 0.2) is 0 Å². The second-order valence-electron chi connectivity index (χ2n) is 21.9. The van der Waals surface area contributed by atoms with Crippen LogP contribution in [0.4, 0.5) is 0 Å². The first-order chi connectivity index (χ1) is 32.7. The Morgan fingerprint density at radius 2 is 0.493 bits per heavy atom. The monoisotopic (exact) mass is 947 g/mol. The van der Waals surface area contributed by atoms with E-state index in [-0.39, 0.29) is 31.1 Å². The number of carbonyl (C=O) groups excluding carboxylic acids is 3. The molecule has 398 valence electrons. The van der Waals surface area contributed by atoms with Gasteiger partial charge in [-0.1, -0.05) is 304 Å². The van der Waals surface area contributed by atoms with Gasteiger partial charge in [0.1, 0.15) is 13.2 Å². The van der Waals surface area contributed by atoms with E-state index in [9.17, 15) is 14.4 Å². The van der Waals surface area contributed by atoms with E-state index in [1.807, 2.05) is 0 Å². The fourth-order valence-electron chi connectivity index (χ4n) is 9.40. The molecular weight excluding hydrogens is 829 g/mol. The normalized spacial score (nSPS) is 12.0. The molecule has 0 aliphatic heterocycles. The van der Waals surface area contributed by atoms with E-state index in [1.54, 1.807) is 0 Å². The van der Waals surface area contributed by atoms with Crippen LogP contribution < -0.4 is 0 Å². The number of rotatable bonds is 55. The molecule has 0 radical (unpaired) electrons. The molecule has 0 aromatic heterocycles. The van der Waals surface area contributed by atoms with Crippen molar-refractivity contribution in [3.05, 3.63) is 0 Å². The molecule has 0 aliphatic carbocycles. The summed E-state index contributed by atoms with van der Waals surface area (Å²) in [5.74, 6) is 0.838. The molecule has 6 heteroatoms. The van der Waals surface area contributed by atoms with E-state index < -0.39 is 6.10 Å². The number of hydrogen-bond acceptors (Lipinski definition) is 6. The molecule has 6 nitrogen and oxygen atoms in total. The van der Waals surface area contributed by atoms with Gasteiger partial charge in [0.2, 0.25) is 0 Å². The fraction of sp³-hybridized carbons (Fsp3) is 0.951. The van der Waals surface area contributed by atoms with E-state index in [1.165, 1.54) is 231 Å². The average molecular weight is 948 g/mol. The Morgan fingerprint density at radius 1 is 0.284 bits per heavy atom. The molecule has 0 spiro atoms. The van der Waals surface area contributed by atoms with E-state index >= 15 is 0 Å². The quantitative estimate of drug-likeness (QED) is 0.0343. The first-order valence-corrected chi connectivity index (χ1v) is 30.2. The molecule has 0 fully saturated rings. The van der Waals surface area contributed by atoms with Gasteiger partial charge in [-0.3, -0.25) is 14.4 Å². The highest BCUT2D eigenvalue weighted by atomic mass is 16.6. The van der Waals surface area contributed by atoms with Crippen LogP contribution in [0.25, 0.3) is 0 Å². The largest absolute Gasteiger partial charge is 0.462 e. The molecule has 0 heterocycles. The Hall–Kier alpha value is -1.59. The van der Waals surface area contributed by atoms with E-state index in [2.05, 4.69) is 34.6 Å². The first kappa shape index (κ1) is 65.4. The lowest BCUT2D eigenvalue weighted by atomic mass is 10.0. The highest BCUT2D eigenvalue weighted by Gasteiger charge is 2.19. The summed E-state index contributed by atoms with van der Waals surface area (Å²) < 4.78 is 16.9. The van der Waals surface area contributed by atoms with Crippen molar-refractivity contribution in [1.82, 2.24) is 0 Å². The van der Waals surface area contributed by atoms with Gasteiger partial charge in [-0.25, -0.2) is 0 Å². The Labute approximate surface area is 418 Å². The van der Waals surface area contributed by atoms with Gasteiger partial charge in [0.05, 0.1) is 0 Å². The number of esters is 3. The SMILES string of the molecule is CCCCCCCCCCCCCCCCCC(=O)OC[C@@H](COC(=O)CCCCCCCCCCCCCCCCCCCCC(C)C)OC(=O)CCCCCCCCCCCCC(C)C. The van der Waals surface area contributed by atoms with Crippen molar-refractivity contribution in [3.8, 4) is 0 Å². The number of hydrogen-bond donors (Lipinski definition) is 0. The summed E-state index contributed by atoms with van der Waals surface area (Å²) in [5.41, 5.74) is 0. The van der Waals surface area contributed by atoms with E-state index in [4.69, 9.17) is 14.2 Å². The Kier molecular flexibility index (Phi) is 52.5. The molecular formula is C61H118O6. The molecule has 1 atom stereocenters. The van der Waals surface area contributed by atoms with Crippen molar-refractivity contribution in [2.45, 2.75) is 349 Å². The summed E-state index contributed by atoms with van der Waals surface area (Å²) in [6.07, 6.45) is 58.2. The van der Waals surface area contributed by atoms with Crippen molar-refractivity contribution in [2.24, 2.45) is 11.8 Å². The Balaban J connectivity index is 4.24. The second kappa shape index (κ2) is 53.8. The van der Waals surface area contributed by atoms with E-state index in [0.29, 0.717) is 19.3 Å². The fourth-order valence-corrected chi connectivity index (χ4v) is 9.40. The van der Waals surface area contributed by atoms with Crippen molar-refractivity contribution >= 4 is 17.9 Å². The molecule has 0 aromatic carbocycles. The lowest BCUT2D eigenvalue weighted by molar-refractivity contribution is -0.167. The third kappa shape index (κ3) is 55.2. The summed E-state index contributed by atoms with van der Waals surface area (Å²) in [7, 11) is 0. The van der Waals surface area contributed by atoms with Gasteiger partial charge in [0.25, 0.3) is 0 Å². The third-order valence-corrected chi connectivity index (χ3v) is 14.0. The van der Waals surface area contributed by atoms with Crippen LogP contribution in [-0.4, -0.2) is 37.2 Å². The molecule has 0 saturated heterocycles. The minimum absolute atomic E-state index is 0.0625. The number of carbonyl (C=O) groups is 3. The standard InChI is InChI=1S/C61H118O6/c1-6-7-8-9-10-11-12-13-18-22-25-31-36-41-46-51-59(62)65-54-58(67-61(64)53-48-43-38-33-28-27-30-35-40-45-50-57(4)5)55-66-60(63)52-47-42-37-32-26-23-20-17-15-14-16-19-21-24-29-34-39-44-49-56(2)3/h56-58H,6-55H2,1-5H3/t58-/m0/s1. The highest BCUT2D eigenvalue weighted by molar-refractivity contribution is 5.71. The maximum absolute atomic E-state index is 12.8. The average Bonchev–Trinajstić information content (AvgIpc) is 3.30. The zero-order valence-corrected chi connectivity index (χ0v) is 46.0. The van der Waals surface area contributed by atoms with Crippen molar-refractivity contribution < 1.29 is 28.6 Å². The van der Waals surface area contributed by atoms with Crippen LogP contribution in [0, 0.1) is 11.8 Å². The molecule has 0 bridgehead atoms. The minimum atomic E-state index is -0.763. The summed E-state index contributed by atoms with van der Waals surface area (Å²) in [4.78, 5) is 38.2. The molecule has 0 N–H and O–H groups in total. The topological polar surface area (TPSA) is 78.9 Å². The third-order valence-electron chi connectivity index (χ3n) is 14.0. The summed E-state index contributed by atoms with van der Waals surface area (Å²) in [6, 6.07) is 0. The summed E-state index contributed by atoms with van der Waals surface area (Å²) in [6.45, 7) is 11.4. The molecule has 67 heavy (non-hydrogen) atoms. The van der Waals surface area contributed by atoms with Crippen LogP contribution in [0.2, 0.25) is 0 Å². The number of unbranched alkanes of at least 4 members (excludes halogenated alkanes) is 40. The van der Waals surface area contributed by atoms with Crippen LogP contribution in [0.5, 0.6) is 0 Å². The van der Waals surface area contributed by atoms with E-state index in [0.717, 1.165) is 69.6 Å². The summed E-state index contributed by atoms with van der Waals surface area (Å²) in [5, 5.41) is 0. The maximum atomic E-state index is 12.8. The lowest BCUT2D eigenvalue weighted by Gasteiger charge is -2.18. The highest BCUT2D eigenvalue weighted by Crippen LogP contribution is 2.18. The molecule has 0 rings (SSSR count). The Bertz CT molecular complexity index is 1020. The van der Waals surface area contributed by atoms with Gasteiger partial charge >= 0.3 is 17.9 Å². The van der Waals surface area contributed by atoms with Gasteiger partial charge in [0, 0.05) is 19.3 Å². The van der Waals surface area contributed by atoms with Gasteiger partial charge in [-0.2, -0.15) is 0 Å². The predicted molar refractivity (Wildman–Crippen MR) is 289 cm³/mol. The minimum Gasteiger partial charge on any atom is -0.462 e. The van der Waals surface area contributed by atoms with Crippen molar-refractivity contribution in [3.63, 3.8) is 0 Å². The second-order valence-corrected chi connectivity index (χ2v) is 21.9. The van der Waals surface area contributed by atoms with Crippen LogP contribution in [0.1, 0.15) is 343 Å². The molecule has 0 amide bonds. The van der Waals surface area contributed by atoms with Crippen LogP contribution in [-0.2, 0) is 28.6 Å². The van der Waals surface area contributed by atoms with Gasteiger partial charge in [-0.15, -0.1) is 0 Å². The number of ether oxygens (including phenoxy) is 3. The van der Waals surface area contributed by atoms with Crippen molar-refractivity contribution in [2.75, 3.05) is 13.2 Å². The maximum Gasteiger partial charge on any atom is 0.306 e.